The molecule has 2 spiro atoms. The summed E-state index contributed by atoms with van der Waals surface area (Å²) in [6, 6.07) is 18.4. The maximum Gasteiger partial charge on any atom is 0.189 e. The number of nitrogens with zero attached hydrogens (tertiary/aromatic N) is 2. The molecule has 3 saturated carbocycles. The van der Waals surface area contributed by atoms with Gasteiger partial charge in [0.2, 0.25) is 0 Å². The fraction of sp³-hybridized carbons (Fsp3) is 0.585. The number of hydrogen-bond donors (Lipinski definition) is 3. The average Bonchev–Trinajstić information content (AvgIpc) is 3.35. The third-order valence-electron chi connectivity index (χ3n) is 14.6. The van der Waals surface area contributed by atoms with E-state index in [9.17, 15) is 20.1 Å². The Balaban J connectivity index is 1.17. The van der Waals surface area contributed by atoms with Gasteiger partial charge in [-0.2, -0.15) is 0 Å². The molecular weight excluding hydrogens is 584 g/mol. The molecule has 2 bridgehead atoms. The molecule has 6 aliphatic carbocycles. The Morgan fingerprint density at radius 3 is 2.17 bits per heavy atom. The van der Waals surface area contributed by atoms with Crippen LogP contribution in [0.25, 0.3) is 11.1 Å². The van der Waals surface area contributed by atoms with Gasteiger partial charge in [-0.05, 0) is 73.3 Å². The first kappa shape index (κ1) is 31.6. The quantitative estimate of drug-likeness (QED) is 0.266. The van der Waals surface area contributed by atoms with Gasteiger partial charge in [-0.1, -0.05) is 86.7 Å². The molecule has 8 atom stereocenters. The standard InChI is InChI=1S/C41H52N2O4/c1-37-15-12-32(45)26-39(37)18-19-41(33(27-39)36(46)31-10-8-30(9-11-31)29-6-4-3-5-7-29)34(37)13-16-38(2)35(41)14-17-40(38,47)28-43-22-20-42(21-23-43)24-25-44/h3-11,18-19,27,32,34-35,44-45,47H,12-17,20-26,28H2,1-2H3. The van der Waals surface area contributed by atoms with Gasteiger partial charge in [-0.25, -0.2) is 0 Å². The Labute approximate surface area is 280 Å². The van der Waals surface area contributed by atoms with Crippen LogP contribution >= 0.6 is 0 Å². The third-order valence-corrected chi connectivity index (χ3v) is 14.6. The average molecular weight is 637 g/mol. The molecule has 0 aromatic heterocycles. The van der Waals surface area contributed by atoms with Crippen molar-refractivity contribution in [2.45, 2.75) is 70.5 Å². The summed E-state index contributed by atoms with van der Waals surface area (Å²) in [5, 5.41) is 33.2. The van der Waals surface area contributed by atoms with Crippen molar-refractivity contribution < 1.29 is 20.1 Å². The molecule has 3 N–H and O–H groups in total. The summed E-state index contributed by atoms with van der Waals surface area (Å²) in [4.78, 5) is 19.7. The Hall–Kier alpha value is -2.61. The molecule has 8 unspecified atom stereocenters. The van der Waals surface area contributed by atoms with Gasteiger partial charge in [-0.15, -0.1) is 0 Å². The van der Waals surface area contributed by atoms with Crippen LogP contribution in [-0.2, 0) is 0 Å². The maximum atomic E-state index is 14.9. The fourth-order valence-corrected chi connectivity index (χ4v) is 11.9. The molecule has 7 aliphatic rings. The zero-order valence-corrected chi connectivity index (χ0v) is 28.2. The number of piperazine rings is 1. The van der Waals surface area contributed by atoms with Gasteiger partial charge in [0.1, 0.15) is 0 Å². The lowest BCUT2D eigenvalue weighted by molar-refractivity contribution is -0.177. The maximum absolute atomic E-state index is 14.9. The molecular formula is C41H52N2O4. The fourth-order valence-electron chi connectivity index (χ4n) is 11.9. The minimum Gasteiger partial charge on any atom is -0.395 e. The molecule has 0 radical (unpaired) electrons. The van der Waals surface area contributed by atoms with E-state index in [1.54, 1.807) is 0 Å². The normalized spacial score (nSPS) is 41.2. The second-order valence-electron chi connectivity index (χ2n) is 16.4. The second kappa shape index (κ2) is 11.2. The predicted octanol–water partition coefficient (Wildman–Crippen LogP) is 5.74. The number of fused-ring (bicyclic) bond motifs is 1. The van der Waals surface area contributed by atoms with Crippen molar-refractivity contribution in [3.63, 3.8) is 0 Å². The van der Waals surface area contributed by atoms with Crippen molar-refractivity contribution >= 4 is 5.78 Å². The number of Topliss-reactive ketones (excluding diaryl/α,β-unsaturated/α-hetero) is 1. The Morgan fingerprint density at radius 2 is 1.45 bits per heavy atom. The Kier molecular flexibility index (Phi) is 7.55. The summed E-state index contributed by atoms with van der Waals surface area (Å²) >= 11 is 0. The SMILES string of the molecule is CC12CCC(O)CC13C=CC1(C(C(=O)c4ccc(-c5ccccc5)cc4)=C3)C2CCC2(C)C1CCC2(O)CN1CCN(CCO)CC1. The topological polar surface area (TPSA) is 84.2 Å². The number of rotatable bonds is 7. The highest BCUT2D eigenvalue weighted by molar-refractivity contribution is 6.10. The summed E-state index contributed by atoms with van der Waals surface area (Å²) in [5.74, 6) is 0.564. The minimum atomic E-state index is -0.828. The Morgan fingerprint density at radius 1 is 0.809 bits per heavy atom. The highest BCUT2D eigenvalue weighted by Gasteiger charge is 2.74. The lowest BCUT2D eigenvalue weighted by Gasteiger charge is -2.71. The minimum absolute atomic E-state index is 0.0347. The smallest absolute Gasteiger partial charge is 0.189 e. The molecule has 47 heavy (non-hydrogen) atoms. The summed E-state index contributed by atoms with van der Waals surface area (Å²) in [6.07, 6.45) is 12.8. The van der Waals surface area contributed by atoms with E-state index >= 15 is 0 Å². The van der Waals surface area contributed by atoms with Crippen LogP contribution in [0.15, 0.2) is 78.4 Å². The van der Waals surface area contributed by atoms with Gasteiger partial charge in [-0.3, -0.25) is 14.6 Å². The first-order chi connectivity index (χ1) is 22.6. The number of aliphatic hydroxyl groups is 3. The predicted molar refractivity (Wildman–Crippen MR) is 185 cm³/mol. The van der Waals surface area contributed by atoms with Crippen LogP contribution in [0.5, 0.6) is 0 Å². The molecule has 1 aliphatic heterocycles. The molecule has 9 rings (SSSR count). The summed E-state index contributed by atoms with van der Waals surface area (Å²) in [7, 11) is 0. The van der Waals surface area contributed by atoms with Gasteiger partial charge < -0.3 is 15.3 Å². The van der Waals surface area contributed by atoms with Crippen LogP contribution in [-0.4, -0.2) is 88.5 Å². The van der Waals surface area contributed by atoms with E-state index in [4.69, 9.17) is 0 Å². The Bertz CT molecular complexity index is 1580. The molecule has 0 amide bonds. The van der Waals surface area contributed by atoms with Gasteiger partial charge in [0.05, 0.1) is 18.3 Å². The third kappa shape index (κ3) is 4.51. The highest BCUT2D eigenvalue weighted by atomic mass is 16.3. The first-order valence-corrected chi connectivity index (χ1v) is 18.2. The lowest BCUT2D eigenvalue weighted by atomic mass is 9.32. The number of carbonyl (C=O) groups is 1. The summed E-state index contributed by atoms with van der Waals surface area (Å²) < 4.78 is 0. The van der Waals surface area contributed by atoms with Gasteiger partial charge in [0.15, 0.2) is 5.78 Å². The van der Waals surface area contributed by atoms with Crippen molar-refractivity contribution in [1.29, 1.82) is 0 Å². The van der Waals surface area contributed by atoms with E-state index in [-0.39, 0.29) is 40.7 Å². The van der Waals surface area contributed by atoms with Gasteiger partial charge in [0, 0.05) is 66.7 Å². The number of hydrogen-bond acceptors (Lipinski definition) is 6. The van der Waals surface area contributed by atoms with Crippen LogP contribution < -0.4 is 0 Å². The molecule has 250 valence electrons. The largest absolute Gasteiger partial charge is 0.395 e. The van der Waals surface area contributed by atoms with Crippen molar-refractivity contribution in [1.82, 2.24) is 9.80 Å². The molecule has 2 aromatic carbocycles. The first-order valence-electron chi connectivity index (χ1n) is 18.2. The number of β-amino-alcohol motifs (C(OH)–C–C–N with tert-alkyl or cyclic N) is 2. The molecule has 4 fully saturated rings. The molecule has 1 saturated heterocycles. The van der Waals surface area contributed by atoms with E-state index in [0.717, 1.165) is 87.0 Å². The van der Waals surface area contributed by atoms with Crippen LogP contribution in [0.4, 0.5) is 0 Å². The second-order valence-corrected chi connectivity index (χ2v) is 16.4. The number of ketones is 1. The van der Waals surface area contributed by atoms with E-state index in [0.29, 0.717) is 25.4 Å². The molecule has 6 nitrogen and oxygen atoms in total. The van der Waals surface area contributed by atoms with Crippen LogP contribution in [0.2, 0.25) is 0 Å². The van der Waals surface area contributed by atoms with Crippen molar-refractivity contribution in [3.8, 4) is 11.1 Å². The van der Waals surface area contributed by atoms with E-state index < -0.39 is 11.0 Å². The number of benzene rings is 2. The van der Waals surface area contributed by atoms with Crippen molar-refractivity contribution in [2.24, 2.45) is 33.5 Å². The van der Waals surface area contributed by atoms with Crippen LogP contribution in [0.1, 0.15) is 69.2 Å². The van der Waals surface area contributed by atoms with Gasteiger partial charge in [0.25, 0.3) is 0 Å². The monoisotopic (exact) mass is 636 g/mol. The summed E-state index contributed by atoms with van der Waals surface area (Å²) in [6.45, 7) is 10.00. The number of aliphatic hydroxyl groups excluding tert-OH is 2. The highest BCUT2D eigenvalue weighted by Crippen LogP contribution is 2.78. The van der Waals surface area contributed by atoms with Gasteiger partial charge >= 0.3 is 0 Å². The molecule has 6 heteroatoms. The van der Waals surface area contributed by atoms with E-state index in [1.165, 1.54) is 0 Å². The van der Waals surface area contributed by atoms with Crippen LogP contribution in [0, 0.1) is 33.5 Å². The van der Waals surface area contributed by atoms with Crippen LogP contribution in [0.3, 0.4) is 0 Å². The lowest BCUT2D eigenvalue weighted by Crippen LogP contribution is -2.67. The molecule has 1 heterocycles. The van der Waals surface area contributed by atoms with E-state index in [2.05, 4.69) is 66.1 Å². The molecule has 2 aromatic rings. The number of allylic oxidation sites excluding steroid dienone is 4. The zero-order valence-electron chi connectivity index (χ0n) is 28.2. The summed E-state index contributed by atoms with van der Waals surface area (Å²) in [5.41, 5.74) is 1.92. The van der Waals surface area contributed by atoms with Crippen molar-refractivity contribution in [2.75, 3.05) is 45.9 Å². The van der Waals surface area contributed by atoms with Crippen molar-refractivity contribution in [3.05, 3.63) is 84.0 Å². The zero-order chi connectivity index (χ0) is 32.7. The van der Waals surface area contributed by atoms with E-state index in [1.807, 2.05) is 30.3 Å². The number of carbonyl (C=O) groups excluding carboxylic acids is 1.